The molecule has 0 aromatic rings. The lowest BCUT2D eigenvalue weighted by molar-refractivity contribution is -0.473. The third-order valence-corrected chi connectivity index (χ3v) is 5.11. The second-order valence-corrected chi connectivity index (χ2v) is 6.46. The minimum absolute atomic E-state index is 0.0482. The zero-order valence-corrected chi connectivity index (χ0v) is 12.0. The maximum atomic E-state index is 13.2. The Labute approximate surface area is 127 Å². The third kappa shape index (κ3) is 2.04. The summed E-state index contributed by atoms with van der Waals surface area (Å²) in [7, 11) is 0. The number of halogens is 6. The molecule has 0 amide bonds. The number of carbonyl (C=O) groups is 1. The molecule has 2 saturated carbocycles. The van der Waals surface area contributed by atoms with Crippen LogP contribution >= 0.6 is 0 Å². The van der Waals surface area contributed by atoms with Gasteiger partial charge < -0.3 is 9.47 Å². The first-order chi connectivity index (χ1) is 10.4. The summed E-state index contributed by atoms with van der Waals surface area (Å²) in [5.41, 5.74) is -4.11. The van der Waals surface area contributed by atoms with E-state index < -0.39 is 53.9 Å². The van der Waals surface area contributed by atoms with E-state index in [4.69, 9.17) is 4.74 Å². The first kappa shape index (κ1) is 16.6. The number of fused-ring (bicyclic) bond motifs is 5. The molecule has 9 heteroatoms. The SMILES string of the molecule is C=C(C)C(=O)OC1CC2CC1C1C2OC1(C(F)(F)F)C(F)(F)F. The maximum absolute atomic E-state index is 13.2. The summed E-state index contributed by atoms with van der Waals surface area (Å²) in [4.78, 5) is 11.5. The van der Waals surface area contributed by atoms with Gasteiger partial charge in [0.25, 0.3) is 5.60 Å². The highest BCUT2D eigenvalue weighted by molar-refractivity contribution is 5.87. The molecule has 1 heterocycles. The highest BCUT2D eigenvalue weighted by Gasteiger charge is 2.87. The van der Waals surface area contributed by atoms with Crippen molar-refractivity contribution in [3.8, 4) is 0 Å². The zero-order chi connectivity index (χ0) is 17.4. The summed E-state index contributed by atoms with van der Waals surface area (Å²) in [6.45, 7) is 4.72. The highest BCUT2D eigenvalue weighted by Crippen LogP contribution is 2.69. The monoisotopic (exact) mass is 344 g/mol. The van der Waals surface area contributed by atoms with E-state index in [1.54, 1.807) is 0 Å². The second-order valence-electron chi connectivity index (χ2n) is 6.46. The van der Waals surface area contributed by atoms with Gasteiger partial charge in [-0.25, -0.2) is 4.79 Å². The van der Waals surface area contributed by atoms with Gasteiger partial charge in [0.05, 0.1) is 6.10 Å². The van der Waals surface area contributed by atoms with Crippen LogP contribution in [0.15, 0.2) is 12.2 Å². The van der Waals surface area contributed by atoms with Gasteiger partial charge in [-0.15, -0.1) is 0 Å². The largest absolute Gasteiger partial charge is 0.459 e. The second kappa shape index (κ2) is 4.64. The quantitative estimate of drug-likeness (QED) is 0.438. The molecule has 0 N–H and O–H groups in total. The molecule has 3 aliphatic rings. The van der Waals surface area contributed by atoms with Gasteiger partial charge in [-0.3, -0.25) is 0 Å². The molecule has 0 aromatic carbocycles. The van der Waals surface area contributed by atoms with Crippen LogP contribution in [0.2, 0.25) is 0 Å². The Hall–Kier alpha value is -1.25. The minimum Gasteiger partial charge on any atom is -0.459 e. The normalized spacial score (nSPS) is 38.0. The lowest BCUT2D eigenvalue weighted by atomic mass is 9.67. The molecule has 2 aliphatic carbocycles. The first-order valence-corrected chi connectivity index (χ1v) is 7.08. The molecular weight excluding hydrogens is 330 g/mol. The van der Waals surface area contributed by atoms with Crippen molar-refractivity contribution in [2.45, 2.75) is 49.9 Å². The molecule has 5 atom stereocenters. The highest BCUT2D eigenvalue weighted by atomic mass is 19.4. The van der Waals surface area contributed by atoms with Crippen LogP contribution in [0.4, 0.5) is 26.3 Å². The van der Waals surface area contributed by atoms with Gasteiger partial charge in [0.2, 0.25) is 0 Å². The van der Waals surface area contributed by atoms with Gasteiger partial charge in [-0.1, -0.05) is 6.58 Å². The number of hydrogen-bond acceptors (Lipinski definition) is 3. The van der Waals surface area contributed by atoms with Gasteiger partial charge in [0.1, 0.15) is 6.10 Å². The van der Waals surface area contributed by atoms with Gasteiger partial charge in [0.15, 0.2) is 0 Å². The van der Waals surface area contributed by atoms with E-state index in [1.165, 1.54) is 6.92 Å². The Morgan fingerprint density at radius 2 is 1.74 bits per heavy atom. The molecule has 3 rings (SSSR count). The van der Waals surface area contributed by atoms with E-state index in [2.05, 4.69) is 11.3 Å². The molecule has 0 spiro atoms. The van der Waals surface area contributed by atoms with Crippen LogP contribution in [0.5, 0.6) is 0 Å². The summed E-state index contributed by atoms with van der Waals surface area (Å²) in [6.07, 6.45) is -12.8. The van der Waals surface area contributed by atoms with E-state index in [-0.39, 0.29) is 18.4 Å². The van der Waals surface area contributed by atoms with Crippen LogP contribution in [0.3, 0.4) is 0 Å². The average Bonchev–Trinajstić information content (AvgIpc) is 2.78. The van der Waals surface area contributed by atoms with Gasteiger partial charge >= 0.3 is 18.3 Å². The zero-order valence-electron chi connectivity index (χ0n) is 12.0. The lowest BCUT2D eigenvalue weighted by Crippen LogP contribution is -2.76. The summed E-state index contributed by atoms with van der Waals surface area (Å²) in [6, 6.07) is 0. The molecule has 23 heavy (non-hydrogen) atoms. The lowest BCUT2D eigenvalue weighted by Gasteiger charge is -2.57. The molecule has 3 nitrogen and oxygen atoms in total. The van der Waals surface area contributed by atoms with Gasteiger partial charge in [-0.05, 0) is 25.7 Å². The number of hydrogen-bond donors (Lipinski definition) is 0. The van der Waals surface area contributed by atoms with Crippen LogP contribution in [0.25, 0.3) is 0 Å². The number of carbonyl (C=O) groups excluding carboxylic acids is 1. The maximum Gasteiger partial charge on any atom is 0.426 e. The van der Waals surface area contributed by atoms with Crippen molar-refractivity contribution in [2.24, 2.45) is 17.8 Å². The van der Waals surface area contributed by atoms with Crippen LogP contribution in [-0.4, -0.2) is 36.1 Å². The average molecular weight is 344 g/mol. The van der Waals surface area contributed by atoms with Gasteiger partial charge in [0, 0.05) is 17.4 Å². The minimum atomic E-state index is -5.57. The Kier molecular flexibility index (Phi) is 3.35. The molecule has 3 fully saturated rings. The van der Waals surface area contributed by atoms with Crippen molar-refractivity contribution in [1.29, 1.82) is 0 Å². The predicted molar refractivity (Wildman–Crippen MR) is 64.1 cm³/mol. The van der Waals surface area contributed by atoms with Crippen molar-refractivity contribution >= 4 is 5.97 Å². The van der Waals surface area contributed by atoms with Crippen molar-refractivity contribution in [2.75, 3.05) is 0 Å². The fourth-order valence-electron chi connectivity index (χ4n) is 4.22. The Balaban J connectivity index is 1.88. The smallest absolute Gasteiger partial charge is 0.426 e. The van der Waals surface area contributed by atoms with Crippen LogP contribution < -0.4 is 0 Å². The van der Waals surface area contributed by atoms with E-state index in [0.717, 1.165) is 0 Å². The fraction of sp³-hybridized carbons (Fsp3) is 0.786. The van der Waals surface area contributed by atoms with Crippen molar-refractivity contribution in [3.05, 3.63) is 12.2 Å². The van der Waals surface area contributed by atoms with Crippen molar-refractivity contribution in [3.63, 3.8) is 0 Å². The summed E-state index contributed by atoms with van der Waals surface area (Å²) in [5.74, 6) is -4.02. The summed E-state index contributed by atoms with van der Waals surface area (Å²) in [5, 5.41) is 0. The summed E-state index contributed by atoms with van der Waals surface area (Å²) < 4.78 is 88.4. The predicted octanol–water partition coefficient (Wildman–Crippen LogP) is 3.39. The van der Waals surface area contributed by atoms with E-state index >= 15 is 0 Å². The Bertz CT molecular complexity index is 538. The number of esters is 1. The summed E-state index contributed by atoms with van der Waals surface area (Å²) >= 11 is 0. The number of rotatable bonds is 2. The van der Waals surface area contributed by atoms with Crippen molar-refractivity contribution < 1.29 is 40.6 Å². The topological polar surface area (TPSA) is 35.5 Å². The van der Waals surface area contributed by atoms with E-state index in [9.17, 15) is 31.1 Å². The molecule has 1 aliphatic heterocycles. The molecule has 5 unspecified atom stereocenters. The van der Waals surface area contributed by atoms with Crippen molar-refractivity contribution in [1.82, 2.24) is 0 Å². The van der Waals surface area contributed by atoms with Crippen LogP contribution in [-0.2, 0) is 14.3 Å². The molecule has 2 bridgehead atoms. The molecular formula is C14H14F6O3. The number of alkyl halides is 6. The standard InChI is InChI=1S/C14H14F6O3/c1-5(2)11(21)22-8-4-6-3-7(8)9-10(6)23-12(9,13(15,16)17)14(18,19)20/h6-10H,1,3-4H2,2H3. The molecule has 0 aromatic heterocycles. The third-order valence-electron chi connectivity index (χ3n) is 5.11. The van der Waals surface area contributed by atoms with Gasteiger partial charge in [-0.2, -0.15) is 26.3 Å². The molecule has 130 valence electrons. The van der Waals surface area contributed by atoms with Crippen LogP contribution in [0.1, 0.15) is 19.8 Å². The Morgan fingerprint density at radius 1 is 1.17 bits per heavy atom. The van der Waals surface area contributed by atoms with Crippen LogP contribution in [0, 0.1) is 17.8 Å². The van der Waals surface area contributed by atoms with E-state index in [0.29, 0.717) is 0 Å². The number of ether oxygens (including phenoxy) is 2. The van der Waals surface area contributed by atoms with E-state index in [1.807, 2.05) is 0 Å². The Morgan fingerprint density at radius 3 is 2.22 bits per heavy atom. The fourth-order valence-corrected chi connectivity index (χ4v) is 4.22. The first-order valence-electron chi connectivity index (χ1n) is 7.08. The molecule has 0 radical (unpaired) electrons. The molecule has 1 saturated heterocycles.